The van der Waals surface area contributed by atoms with Gasteiger partial charge in [0.1, 0.15) is 11.4 Å². The maximum absolute atomic E-state index is 13.3. The van der Waals surface area contributed by atoms with Crippen molar-refractivity contribution in [2.75, 3.05) is 5.32 Å². The van der Waals surface area contributed by atoms with Crippen LogP contribution in [0.2, 0.25) is 0 Å². The molecule has 1 aromatic carbocycles. The number of amides is 1. The summed E-state index contributed by atoms with van der Waals surface area (Å²) in [4.78, 5) is 32.1. The minimum Gasteiger partial charge on any atom is -0.444 e. The summed E-state index contributed by atoms with van der Waals surface area (Å²) in [6, 6.07) is 5.77. The van der Waals surface area contributed by atoms with Gasteiger partial charge in [0.2, 0.25) is 5.95 Å². The molecule has 1 amide bonds. The van der Waals surface area contributed by atoms with Gasteiger partial charge in [-0.1, -0.05) is 0 Å². The fourth-order valence-electron chi connectivity index (χ4n) is 2.03. The van der Waals surface area contributed by atoms with E-state index in [2.05, 4.69) is 15.3 Å². The summed E-state index contributed by atoms with van der Waals surface area (Å²) >= 11 is 0. The molecule has 7 heteroatoms. The number of benzene rings is 1. The maximum atomic E-state index is 13.3. The molecule has 132 valence electrons. The quantitative estimate of drug-likeness (QED) is 0.855. The highest BCUT2D eigenvalue weighted by atomic mass is 19.1. The zero-order valence-electron chi connectivity index (χ0n) is 14.6. The molecule has 25 heavy (non-hydrogen) atoms. The van der Waals surface area contributed by atoms with Crippen molar-refractivity contribution in [2.45, 2.75) is 39.7 Å². The zero-order chi connectivity index (χ0) is 18.6. The van der Waals surface area contributed by atoms with Crippen LogP contribution in [0, 0.1) is 12.7 Å². The van der Waals surface area contributed by atoms with Crippen LogP contribution in [0.15, 0.2) is 30.5 Å². The first-order chi connectivity index (χ1) is 11.6. The predicted octanol–water partition coefficient (Wildman–Crippen LogP) is 3.70. The Morgan fingerprint density at radius 3 is 2.60 bits per heavy atom. The van der Waals surface area contributed by atoms with Crippen LogP contribution in [0.4, 0.5) is 15.1 Å². The number of ketones is 1. The van der Waals surface area contributed by atoms with E-state index < -0.39 is 11.7 Å². The highest BCUT2D eigenvalue weighted by Crippen LogP contribution is 2.13. The molecule has 0 unspecified atom stereocenters. The molecule has 2 rings (SSSR count). The minimum atomic E-state index is -0.676. The van der Waals surface area contributed by atoms with Gasteiger partial charge in [-0.25, -0.2) is 19.2 Å². The summed E-state index contributed by atoms with van der Waals surface area (Å²) in [7, 11) is 0. The van der Waals surface area contributed by atoms with E-state index in [9.17, 15) is 14.0 Å². The fraction of sp³-hybridized carbons (Fsp3) is 0.333. The van der Waals surface area contributed by atoms with Gasteiger partial charge in [0, 0.05) is 11.8 Å². The first kappa shape index (κ1) is 18.5. The number of nitrogens with zero attached hydrogens (tertiary/aromatic N) is 2. The lowest BCUT2D eigenvalue weighted by Crippen LogP contribution is -2.27. The Balaban J connectivity index is 2.07. The Morgan fingerprint density at radius 2 is 1.96 bits per heavy atom. The summed E-state index contributed by atoms with van der Waals surface area (Å²) in [5, 5.41) is 2.42. The molecule has 0 atom stereocenters. The van der Waals surface area contributed by atoms with Crippen LogP contribution < -0.4 is 5.32 Å². The molecule has 1 heterocycles. The average Bonchev–Trinajstić information content (AvgIpc) is 2.48. The molecule has 6 nitrogen and oxygen atoms in total. The molecule has 0 saturated heterocycles. The molecule has 0 spiro atoms. The number of anilines is 1. The molecule has 0 bridgehead atoms. The SMILES string of the molecule is Cc1cc(C(=O)Cc2ccnc(NC(=O)OC(C)(C)C)n2)ccc1F. The summed E-state index contributed by atoms with van der Waals surface area (Å²) in [5.74, 6) is -0.512. The largest absolute Gasteiger partial charge is 0.444 e. The van der Waals surface area contributed by atoms with E-state index >= 15 is 0 Å². The van der Waals surface area contributed by atoms with E-state index in [0.29, 0.717) is 16.8 Å². The van der Waals surface area contributed by atoms with Crippen molar-refractivity contribution in [3.05, 3.63) is 53.1 Å². The predicted molar refractivity (Wildman–Crippen MR) is 91.1 cm³/mol. The van der Waals surface area contributed by atoms with E-state index in [-0.39, 0.29) is 24.0 Å². The third-order valence-corrected chi connectivity index (χ3v) is 3.15. The van der Waals surface area contributed by atoms with Crippen LogP contribution >= 0.6 is 0 Å². The molecule has 2 aromatic rings. The molecule has 0 saturated carbocycles. The third kappa shape index (κ3) is 5.63. The molecular weight excluding hydrogens is 325 g/mol. The number of aromatic nitrogens is 2. The summed E-state index contributed by atoms with van der Waals surface area (Å²) in [6.45, 7) is 6.83. The smallest absolute Gasteiger partial charge is 0.414 e. The molecule has 0 fully saturated rings. The number of hydrogen-bond donors (Lipinski definition) is 1. The van der Waals surface area contributed by atoms with Gasteiger partial charge in [0.15, 0.2) is 5.78 Å². The van der Waals surface area contributed by atoms with E-state index in [1.807, 2.05) is 0 Å². The van der Waals surface area contributed by atoms with E-state index in [4.69, 9.17) is 4.74 Å². The normalized spacial score (nSPS) is 11.1. The van der Waals surface area contributed by atoms with Crippen molar-refractivity contribution < 1.29 is 18.7 Å². The van der Waals surface area contributed by atoms with Gasteiger partial charge in [0.25, 0.3) is 0 Å². The van der Waals surface area contributed by atoms with Crippen molar-refractivity contribution in [3.8, 4) is 0 Å². The van der Waals surface area contributed by atoms with Crippen molar-refractivity contribution in [1.29, 1.82) is 0 Å². The lowest BCUT2D eigenvalue weighted by molar-refractivity contribution is 0.0634. The highest BCUT2D eigenvalue weighted by molar-refractivity contribution is 5.97. The molecule has 0 aliphatic heterocycles. The third-order valence-electron chi connectivity index (χ3n) is 3.15. The monoisotopic (exact) mass is 345 g/mol. The lowest BCUT2D eigenvalue weighted by Gasteiger charge is -2.19. The topological polar surface area (TPSA) is 81.2 Å². The van der Waals surface area contributed by atoms with Crippen LogP contribution in [0.5, 0.6) is 0 Å². The van der Waals surface area contributed by atoms with Gasteiger partial charge in [-0.05, 0) is 57.5 Å². The summed E-state index contributed by atoms with van der Waals surface area (Å²) in [6.07, 6.45) is 0.777. The van der Waals surface area contributed by atoms with Crippen LogP contribution in [0.25, 0.3) is 0 Å². The number of ether oxygens (including phenoxy) is 1. The van der Waals surface area contributed by atoms with Crippen LogP contribution in [-0.4, -0.2) is 27.4 Å². The van der Waals surface area contributed by atoms with Gasteiger partial charge in [0.05, 0.1) is 12.1 Å². The number of Topliss-reactive ketones (excluding diaryl/α,β-unsaturated/α-hetero) is 1. The van der Waals surface area contributed by atoms with Crippen molar-refractivity contribution in [3.63, 3.8) is 0 Å². The number of hydrogen-bond acceptors (Lipinski definition) is 5. The number of carbonyl (C=O) groups excluding carboxylic acids is 2. The fourth-order valence-corrected chi connectivity index (χ4v) is 2.03. The number of aryl methyl sites for hydroxylation is 1. The number of halogens is 1. The summed E-state index contributed by atoms with van der Waals surface area (Å²) in [5.41, 5.74) is 0.603. The minimum absolute atomic E-state index is 0.0105. The van der Waals surface area contributed by atoms with Crippen LogP contribution in [0.3, 0.4) is 0 Å². The number of nitrogens with one attached hydrogen (secondary N) is 1. The number of carbonyl (C=O) groups is 2. The zero-order valence-corrected chi connectivity index (χ0v) is 14.6. The van der Waals surface area contributed by atoms with E-state index in [0.717, 1.165) is 0 Å². The molecule has 0 radical (unpaired) electrons. The van der Waals surface area contributed by atoms with E-state index in [1.165, 1.54) is 24.4 Å². The second-order valence-electron chi connectivity index (χ2n) is 6.56. The van der Waals surface area contributed by atoms with Gasteiger partial charge >= 0.3 is 6.09 Å². The van der Waals surface area contributed by atoms with Crippen LogP contribution in [-0.2, 0) is 11.2 Å². The molecule has 0 aliphatic carbocycles. The van der Waals surface area contributed by atoms with Gasteiger partial charge < -0.3 is 4.74 Å². The highest BCUT2D eigenvalue weighted by Gasteiger charge is 2.17. The second-order valence-corrected chi connectivity index (χ2v) is 6.56. The van der Waals surface area contributed by atoms with Crippen molar-refractivity contribution in [1.82, 2.24) is 9.97 Å². The van der Waals surface area contributed by atoms with Gasteiger partial charge in [-0.15, -0.1) is 0 Å². The average molecular weight is 345 g/mol. The molecular formula is C18H20FN3O3. The second kappa shape index (κ2) is 7.38. The lowest BCUT2D eigenvalue weighted by atomic mass is 10.0. The summed E-state index contributed by atoms with van der Waals surface area (Å²) < 4.78 is 18.4. The maximum Gasteiger partial charge on any atom is 0.414 e. The Morgan fingerprint density at radius 1 is 1.24 bits per heavy atom. The van der Waals surface area contributed by atoms with Gasteiger partial charge in [-0.2, -0.15) is 0 Å². The van der Waals surface area contributed by atoms with Crippen LogP contribution in [0.1, 0.15) is 42.4 Å². The first-order valence-corrected chi connectivity index (χ1v) is 7.75. The Bertz CT molecular complexity index is 800. The van der Waals surface area contributed by atoms with Gasteiger partial charge in [-0.3, -0.25) is 10.1 Å². The molecule has 0 aliphatic rings. The van der Waals surface area contributed by atoms with E-state index in [1.54, 1.807) is 33.8 Å². The standard InChI is InChI=1S/C18H20FN3O3/c1-11-9-12(5-6-14(11)19)15(23)10-13-7-8-20-16(21-13)22-17(24)25-18(2,3)4/h5-9H,10H2,1-4H3,(H,20,21,22,24). The van der Waals surface area contributed by atoms with Crippen molar-refractivity contribution in [2.24, 2.45) is 0 Å². The number of rotatable bonds is 4. The molecule has 1 aromatic heterocycles. The Labute approximate surface area is 145 Å². The first-order valence-electron chi connectivity index (χ1n) is 7.75. The Kier molecular flexibility index (Phi) is 5.46. The van der Waals surface area contributed by atoms with Crippen molar-refractivity contribution >= 4 is 17.8 Å². The Hall–Kier alpha value is -2.83. The molecule has 1 N–H and O–H groups in total.